The Morgan fingerprint density at radius 3 is 2.53 bits per heavy atom. The fourth-order valence-corrected chi connectivity index (χ4v) is 1.94. The van der Waals surface area contributed by atoms with Crippen LogP contribution in [0.3, 0.4) is 0 Å². The summed E-state index contributed by atoms with van der Waals surface area (Å²) in [5.41, 5.74) is 0.00685. The second-order valence-corrected chi connectivity index (χ2v) is 5.44. The van der Waals surface area contributed by atoms with Crippen LogP contribution in [-0.4, -0.2) is 49.2 Å². The smallest absolute Gasteiger partial charge is 0.222 e. The lowest BCUT2D eigenvalue weighted by Gasteiger charge is -2.41. The Labute approximate surface area is 105 Å². The number of nitrogens with one attached hydrogen (secondary N) is 1. The van der Waals surface area contributed by atoms with Gasteiger partial charge < -0.3 is 10.1 Å². The average molecular weight is 242 g/mol. The van der Waals surface area contributed by atoms with Crippen LogP contribution in [0.4, 0.5) is 0 Å². The summed E-state index contributed by atoms with van der Waals surface area (Å²) in [5.74, 6) is 0.268. The predicted octanol–water partition coefficient (Wildman–Crippen LogP) is 1.26. The molecule has 0 radical (unpaired) electrons. The summed E-state index contributed by atoms with van der Waals surface area (Å²) < 4.78 is 5.35. The molecule has 1 saturated heterocycles. The molecular weight excluding hydrogens is 216 g/mol. The molecule has 1 atom stereocenters. The minimum Gasteiger partial charge on any atom is -0.379 e. The SMILES string of the molecule is CCC(C)C(=O)NCC(C)(C)N1CCOCC1. The zero-order valence-corrected chi connectivity index (χ0v) is 11.6. The first kappa shape index (κ1) is 14.5. The van der Waals surface area contributed by atoms with Gasteiger partial charge in [-0.15, -0.1) is 0 Å². The zero-order chi connectivity index (χ0) is 12.9. The minimum atomic E-state index is 0.00685. The molecule has 17 heavy (non-hydrogen) atoms. The maximum absolute atomic E-state index is 11.7. The highest BCUT2D eigenvalue weighted by atomic mass is 16.5. The van der Waals surface area contributed by atoms with Gasteiger partial charge >= 0.3 is 0 Å². The first-order valence-electron chi connectivity index (χ1n) is 6.58. The fourth-order valence-electron chi connectivity index (χ4n) is 1.94. The van der Waals surface area contributed by atoms with Crippen molar-refractivity contribution in [3.8, 4) is 0 Å². The van der Waals surface area contributed by atoms with Crippen LogP contribution >= 0.6 is 0 Å². The number of amides is 1. The first-order valence-corrected chi connectivity index (χ1v) is 6.58. The molecule has 1 rings (SSSR count). The quantitative estimate of drug-likeness (QED) is 0.789. The maximum Gasteiger partial charge on any atom is 0.222 e. The molecule has 4 heteroatoms. The molecule has 4 nitrogen and oxygen atoms in total. The van der Waals surface area contributed by atoms with Gasteiger partial charge in [-0.3, -0.25) is 9.69 Å². The van der Waals surface area contributed by atoms with E-state index in [0.29, 0.717) is 6.54 Å². The van der Waals surface area contributed by atoms with Crippen molar-refractivity contribution in [3.63, 3.8) is 0 Å². The predicted molar refractivity (Wildman–Crippen MR) is 68.9 cm³/mol. The standard InChI is InChI=1S/C13H26N2O2/c1-5-11(2)12(16)14-10-13(3,4)15-6-8-17-9-7-15/h11H,5-10H2,1-4H3,(H,14,16). The van der Waals surface area contributed by atoms with Crippen molar-refractivity contribution in [2.24, 2.45) is 5.92 Å². The Balaban J connectivity index is 2.40. The highest BCUT2D eigenvalue weighted by molar-refractivity contribution is 5.78. The molecular formula is C13H26N2O2. The summed E-state index contributed by atoms with van der Waals surface area (Å²) in [6, 6.07) is 0. The summed E-state index contributed by atoms with van der Waals surface area (Å²) >= 11 is 0. The Hall–Kier alpha value is -0.610. The molecule has 0 aromatic heterocycles. The van der Waals surface area contributed by atoms with Crippen LogP contribution in [0.25, 0.3) is 0 Å². The van der Waals surface area contributed by atoms with Crippen LogP contribution in [0, 0.1) is 5.92 Å². The summed E-state index contributed by atoms with van der Waals surface area (Å²) in [6.45, 7) is 12.6. The van der Waals surface area contributed by atoms with Crippen molar-refractivity contribution in [3.05, 3.63) is 0 Å². The zero-order valence-electron chi connectivity index (χ0n) is 11.6. The number of hydrogen-bond acceptors (Lipinski definition) is 3. The number of nitrogens with zero attached hydrogens (tertiary/aromatic N) is 1. The molecule has 100 valence electrons. The number of morpholine rings is 1. The monoisotopic (exact) mass is 242 g/mol. The average Bonchev–Trinajstić information content (AvgIpc) is 2.36. The Morgan fingerprint density at radius 2 is 2.00 bits per heavy atom. The van der Waals surface area contributed by atoms with Crippen LogP contribution in [0.1, 0.15) is 34.1 Å². The van der Waals surface area contributed by atoms with E-state index < -0.39 is 0 Å². The molecule has 0 aromatic carbocycles. The molecule has 1 fully saturated rings. The molecule has 1 heterocycles. The van der Waals surface area contributed by atoms with Crippen molar-refractivity contribution in [1.29, 1.82) is 0 Å². The molecule has 1 amide bonds. The van der Waals surface area contributed by atoms with Crippen molar-refractivity contribution < 1.29 is 9.53 Å². The Kier molecular flexibility index (Phi) is 5.40. The lowest BCUT2D eigenvalue weighted by Crippen LogP contribution is -2.55. The highest BCUT2D eigenvalue weighted by Gasteiger charge is 2.28. The van der Waals surface area contributed by atoms with Gasteiger partial charge in [0.05, 0.1) is 13.2 Å². The number of ether oxygens (including phenoxy) is 1. The van der Waals surface area contributed by atoms with E-state index >= 15 is 0 Å². The molecule has 0 aliphatic carbocycles. The van der Waals surface area contributed by atoms with E-state index in [1.807, 2.05) is 13.8 Å². The van der Waals surface area contributed by atoms with Gasteiger partial charge in [0.15, 0.2) is 0 Å². The van der Waals surface area contributed by atoms with Crippen LogP contribution in [0.15, 0.2) is 0 Å². The molecule has 1 unspecified atom stereocenters. The first-order chi connectivity index (χ1) is 7.97. The van der Waals surface area contributed by atoms with Gasteiger partial charge in [-0.05, 0) is 20.3 Å². The van der Waals surface area contributed by atoms with Crippen molar-refractivity contribution in [1.82, 2.24) is 10.2 Å². The number of carbonyl (C=O) groups excluding carboxylic acids is 1. The van der Waals surface area contributed by atoms with Crippen LogP contribution in [-0.2, 0) is 9.53 Å². The van der Waals surface area contributed by atoms with Gasteiger partial charge in [0.25, 0.3) is 0 Å². The van der Waals surface area contributed by atoms with Gasteiger partial charge in [-0.25, -0.2) is 0 Å². The van der Waals surface area contributed by atoms with Gasteiger partial charge in [0.2, 0.25) is 5.91 Å². The largest absolute Gasteiger partial charge is 0.379 e. The molecule has 1 aliphatic rings. The van der Waals surface area contributed by atoms with Gasteiger partial charge in [-0.2, -0.15) is 0 Å². The van der Waals surface area contributed by atoms with E-state index in [1.54, 1.807) is 0 Å². The number of hydrogen-bond donors (Lipinski definition) is 1. The Morgan fingerprint density at radius 1 is 1.41 bits per heavy atom. The van der Waals surface area contributed by atoms with E-state index in [4.69, 9.17) is 4.74 Å². The number of carbonyl (C=O) groups is 1. The third-order valence-corrected chi connectivity index (χ3v) is 3.62. The summed E-state index contributed by atoms with van der Waals surface area (Å²) in [5, 5.41) is 3.05. The lowest BCUT2D eigenvalue weighted by atomic mass is 10.0. The second-order valence-electron chi connectivity index (χ2n) is 5.44. The molecule has 0 bridgehead atoms. The summed E-state index contributed by atoms with van der Waals surface area (Å²) in [7, 11) is 0. The minimum absolute atomic E-state index is 0.00685. The van der Waals surface area contributed by atoms with Crippen LogP contribution < -0.4 is 5.32 Å². The van der Waals surface area contributed by atoms with E-state index in [9.17, 15) is 4.79 Å². The second kappa shape index (κ2) is 6.36. The van der Waals surface area contributed by atoms with E-state index in [2.05, 4.69) is 24.1 Å². The lowest BCUT2D eigenvalue weighted by molar-refractivity contribution is -0.125. The third kappa shape index (κ3) is 4.28. The van der Waals surface area contributed by atoms with Crippen molar-refractivity contribution in [2.75, 3.05) is 32.8 Å². The van der Waals surface area contributed by atoms with E-state index in [1.165, 1.54) is 0 Å². The van der Waals surface area contributed by atoms with Crippen LogP contribution in [0.5, 0.6) is 0 Å². The fraction of sp³-hybridized carbons (Fsp3) is 0.923. The number of rotatable bonds is 5. The molecule has 0 aromatic rings. The van der Waals surface area contributed by atoms with Gasteiger partial charge in [0, 0.05) is 31.1 Å². The normalized spacial score (nSPS) is 20.0. The van der Waals surface area contributed by atoms with E-state index in [-0.39, 0.29) is 17.4 Å². The van der Waals surface area contributed by atoms with E-state index in [0.717, 1.165) is 32.7 Å². The maximum atomic E-state index is 11.7. The topological polar surface area (TPSA) is 41.6 Å². The van der Waals surface area contributed by atoms with Crippen molar-refractivity contribution in [2.45, 2.75) is 39.7 Å². The molecule has 1 N–H and O–H groups in total. The Bertz CT molecular complexity index is 248. The van der Waals surface area contributed by atoms with Crippen molar-refractivity contribution >= 4 is 5.91 Å². The molecule has 1 aliphatic heterocycles. The van der Waals surface area contributed by atoms with Crippen LogP contribution in [0.2, 0.25) is 0 Å². The summed E-state index contributed by atoms with van der Waals surface area (Å²) in [6.07, 6.45) is 0.893. The third-order valence-electron chi connectivity index (χ3n) is 3.62. The van der Waals surface area contributed by atoms with Gasteiger partial charge in [-0.1, -0.05) is 13.8 Å². The summed E-state index contributed by atoms with van der Waals surface area (Å²) in [4.78, 5) is 14.1. The highest BCUT2D eigenvalue weighted by Crippen LogP contribution is 2.15. The molecule has 0 saturated carbocycles. The van der Waals surface area contributed by atoms with Gasteiger partial charge in [0.1, 0.15) is 0 Å². The molecule has 0 spiro atoms.